The van der Waals surface area contributed by atoms with E-state index in [1.165, 1.54) is 11.2 Å². The first-order valence-corrected chi connectivity index (χ1v) is 10.7. The summed E-state index contributed by atoms with van der Waals surface area (Å²) in [6.07, 6.45) is 2.31. The van der Waals surface area contributed by atoms with E-state index in [2.05, 4.69) is 0 Å². The number of hydrogen-bond donors (Lipinski definition) is 1. The van der Waals surface area contributed by atoms with E-state index >= 15 is 0 Å². The van der Waals surface area contributed by atoms with Crippen LogP contribution in [0, 0.1) is 0 Å². The Morgan fingerprint density at radius 3 is 2.50 bits per heavy atom. The monoisotopic (exact) mass is 451 g/mol. The van der Waals surface area contributed by atoms with Gasteiger partial charge in [0.25, 0.3) is 11.7 Å². The number of anilines is 1. The normalized spacial score (nSPS) is 17.7. The van der Waals surface area contributed by atoms with Gasteiger partial charge >= 0.3 is 0 Å². The summed E-state index contributed by atoms with van der Waals surface area (Å²) in [5.74, 6) is -1.12. The van der Waals surface area contributed by atoms with E-state index in [1.807, 2.05) is 26.0 Å². The Morgan fingerprint density at radius 1 is 1.12 bits per heavy atom. The molecule has 1 atom stereocenters. The average molecular weight is 452 g/mol. The van der Waals surface area contributed by atoms with E-state index in [0.717, 1.165) is 12.0 Å². The summed E-state index contributed by atoms with van der Waals surface area (Å²) in [5, 5.41) is 11.5. The summed E-state index contributed by atoms with van der Waals surface area (Å²) in [6.45, 7) is 4.23. The summed E-state index contributed by atoms with van der Waals surface area (Å²) in [4.78, 5) is 27.5. The van der Waals surface area contributed by atoms with Crippen LogP contribution in [0.2, 0.25) is 5.02 Å². The summed E-state index contributed by atoms with van der Waals surface area (Å²) in [5.41, 5.74) is 1.89. The largest absolute Gasteiger partial charge is 0.507 e. The molecule has 1 aliphatic rings. The number of amides is 1. The van der Waals surface area contributed by atoms with Crippen molar-refractivity contribution < 1.29 is 23.8 Å². The minimum atomic E-state index is -0.913. The zero-order valence-corrected chi connectivity index (χ0v) is 18.4. The number of aryl methyl sites for hydroxylation is 1. The average Bonchev–Trinajstić information content (AvgIpc) is 3.42. The molecular weight excluding hydrogens is 430 g/mol. The van der Waals surface area contributed by atoms with Gasteiger partial charge in [0.15, 0.2) is 0 Å². The number of carbonyl (C=O) groups excluding carboxylic acids is 2. The Bertz CT molecular complexity index is 1180. The standard InChI is InChI=1S/C25H22ClNO5/c1-3-15-7-10-17(11-8-15)27-22(19-6-5-13-32-19)21(24(29)25(27)30)23(28)16-9-12-18(26)20(14-16)31-4-2/h5-14,22,28H,3-4H2,1-2H3/b23-21-. The van der Waals surface area contributed by atoms with Gasteiger partial charge in [0.1, 0.15) is 23.3 Å². The molecule has 6 nitrogen and oxygen atoms in total. The van der Waals surface area contributed by atoms with Crippen molar-refractivity contribution >= 4 is 34.7 Å². The number of hydrogen-bond acceptors (Lipinski definition) is 5. The number of aliphatic hydroxyl groups excluding tert-OH is 1. The highest BCUT2D eigenvalue weighted by Gasteiger charge is 2.48. The minimum absolute atomic E-state index is 0.0608. The number of carbonyl (C=O) groups is 2. The van der Waals surface area contributed by atoms with Gasteiger partial charge in [-0.15, -0.1) is 0 Å². The lowest BCUT2D eigenvalue weighted by atomic mass is 9.99. The first-order chi connectivity index (χ1) is 15.5. The van der Waals surface area contributed by atoms with E-state index in [9.17, 15) is 14.7 Å². The molecule has 1 saturated heterocycles. The zero-order valence-electron chi connectivity index (χ0n) is 17.7. The third-order valence-electron chi connectivity index (χ3n) is 5.38. The Hall–Kier alpha value is -3.51. The molecule has 1 fully saturated rings. The molecule has 1 amide bonds. The smallest absolute Gasteiger partial charge is 0.300 e. The van der Waals surface area contributed by atoms with E-state index in [4.69, 9.17) is 20.8 Å². The van der Waals surface area contributed by atoms with E-state index < -0.39 is 17.7 Å². The number of Topliss-reactive ketones (excluding diaryl/α,β-unsaturated/α-hetero) is 1. The van der Waals surface area contributed by atoms with Crippen molar-refractivity contribution in [3.05, 3.63) is 88.3 Å². The number of aliphatic hydroxyl groups is 1. The van der Waals surface area contributed by atoms with Crippen LogP contribution in [-0.4, -0.2) is 23.4 Å². The molecule has 1 aromatic heterocycles. The maximum absolute atomic E-state index is 13.1. The number of ketones is 1. The van der Waals surface area contributed by atoms with E-state index in [0.29, 0.717) is 34.4 Å². The maximum Gasteiger partial charge on any atom is 0.300 e. The number of halogens is 1. The molecule has 2 aromatic carbocycles. The second-order valence-electron chi connectivity index (χ2n) is 7.28. The highest BCUT2D eigenvalue weighted by Crippen LogP contribution is 2.43. The molecule has 1 N–H and O–H groups in total. The molecule has 0 saturated carbocycles. The van der Waals surface area contributed by atoms with Gasteiger partial charge in [-0.25, -0.2) is 0 Å². The van der Waals surface area contributed by atoms with Crippen LogP contribution in [0.25, 0.3) is 5.76 Å². The lowest BCUT2D eigenvalue weighted by Gasteiger charge is -2.23. The van der Waals surface area contributed by atoms with Gasteiger partial charge in [0, 0.05) is 11.3 Å². The fourth-order valence-electron chi connectivity index (χ4n) is 3.78. The fraction of sp³-hybridized carbons (Fsp3) is 0.200. The third-order valence-corrected chi connectivity index (χ3v) is 5.70. The van der Waals surface area contributed by atoms with Crippen LogP contribution in [0.15, 0.2) is 70.9 Å². The second-order valence-corrected chi connectivity index (χ2v) is 7.69. The van der Waals surface area contributed by atoms with Crippen molar-refractivity contribution in [2.75, 3.05) is 11.5 Å². The molecule has 0 spiro atoms. The molecule has 4 rings (SSSR count). The minimum Gasteiger partial charge on any atom is -0.507 e. The number of benzene rings is 2. The molecule has 7 heteroatoms. The second kappa shape index (κ2) is 8.93. The molecule has 32 heavy (non-hydrogen) atoms. The van der Waals surface area contributed by atoms with Gasteiger partial charge in [0.2, 0.25) is 0 Å². The van der Waals surface area contributed by atoms with Crippen LogP contribution in [0.1, 0.15) is 36.8 Å². The zero-order chi connectivity index (χ0) is 22.8. The van der Waals surface area contributed by atoms with E-state index in [1.54, 1.807) is 42.5 Å². The Kier molecular flexibility index (Phi) is 6.06. The summed E-state index contributed by atoms with van der Waals surface area (Å²) in [7, 11) is 0. The van der Waals surface area contributed by atoms with Crippen LogP contribution in [0.4, 0.5) is 5.69 Å². The topological polar surface area (TPSA) is 80.0 Å². The van der Waals surface area contributed by atoms with Crippen LogP contribution >= 0.6 is 11.6 Å². The predicted octanol–water partition coefficient (Wildman–Crippen LogP) is 5.52. The highest BCUT2D eigenvalue weighted by atomic mass is 35.5. The van der Waals surface area contributed by atoms with Crippen LogP contribution in [0.3, 0.4) is 0 Å². The molecule has 1 unspecified atom stereocenters. The Labute approximate surface area is 190 Å². The first kappa shape index (κ1) is 21.7. The predicted molar refractivity (Wildman–Crippen MR) is 122 cm³/mol. The molecule has 0 aliphatic carbocycles. The molecule has 0 radical (unpaired) electrons. The number of ether oxygens (including phenoxy) is 1. The summed E-state index contributed by atoms with van der Waals surface area (Å²) in [6, 6.07) is 14.5. The maximum atomic E-state index is 13.1. The van der Waals surface area contributed by atoms with Gasteiger partial charge in [-0.1, -0.05) is 30.7 Å². The van der Waals surface area contributed by atoms with Gasteiger partial charge in [-0.3, -0.25) is 14.5 Å². The lowest BCUT2D eigenvalue weighted by molar-refractivity contribution is -0.132. The van der Waals surface area contributed by atoms with Crippen molar-refractivity contribution in [2.45, 2.75) is 26.3 Å². The van der Waals surface area contributed by atoms with Crippen molar-refractivity contribution in [3.8, 4) is 5.75 Å². The quantitative estimate of drug-likeness (QED) is 0.303. The van der Waals surface area contributed by atoms with Crippen molar-refractivity contribution in [1.82, 2.24) is 0 Å². The number of nitrogens with zero attached hydrogens (tertiary/aromatic N) is 1. The summed E-state index contributed by atoms with van der Waals surface area (Å²) < 4.78 is 11.1. The van der Waals surface area contributed by atoms with Gasteiger partial charge < -0.3 is 14.3 Å². The Balaban J connectivity index is 1.87. The van der Waals surface area contributed by atoms with Gasteiger partial charge in [-0.05, 0) is 61.4 Å². The van der Waals surface area contributed by atoms with Crippen molar-refractivity contribution in [3.63, 3.8) is 0 Å². The number of furan rings is 1. The summed E-state index contributed by atoms with van der Waals surface area (Å²) >= 11 is 6.16. The molecule has 3 aromatic rings. The number of rotatable bonds is 6. The Morgan fingerprint density at radius 2 is 1.88 bits per heavy atom. The SMILES string of the molecule is CCOc1cc(/C(O)=C2/C(=O)C(=O)N(c3ccc(CC)cc3)C2c2ccco2)ccc1Cl. The van der Waals surface area contributed by atoms with Gasteiger partial charge in [-0.2, -0.15) is 0 Å². The highest BCUT2D eigenvalue weighted by molar-refractivity contribution is 6.51. The molecule has 1 aliphatic heterocycles. The molecular formula is C25H22ClNO5. The van der Waals surface area contributed by atoms with Crippen LogP contribution in [0.5, 0.6) is 5.75 Å². The van der Waals surface area contributed by atoms with Crippen molar-refractivity contribution in [1.29, 1.82) is 0 Å². The first-order valence-electron chi connectivity index (χ1n) is 10.3. The molecule has 164 valence electrons. The molecule has 2 heterocycles. The van der Waals surface area contributed by atoms with Crippen LogP contribution < -0.4 is 9.64 Å². The third kappa shape index (κ3) is 3.78. The van der Waals surface area contributed by atoms with Crippen LogP contribution in [-0.2, 0) is 16.0 Å². The van der Waals surface area contributed by atoms with Crippen molar-refractivity contribution in [2.24, 2.45) is 0 Å². The van der Waals surface area contributed by atoms with E-state index in [-0.39, 0.29) is 11.3 Å². The fourth-order valence-corrected chi connectivity index (χ4v) is 3.95. The molecule has 0 bridgehead atoms. The lowest BCUT2D eigenvalue weighted by Crippen LogP contribution is -2.29. The van der Waals surface area contributed by atoms with Gasteiger partial charge in [0.05, 0.1) is 23.5 Å².